The largest absolute Gasteiger partial charge is 0.351 e. The number of amides is 3. The molecule has 0 aliphatic rings. The number of anilines is 2. The fourth-order valence-corrected chi connectivity index (χ4v) is 4.49. The van der Waals surface area contributed by atoms with Gasteiger partial charge in [0.15, 0.2) is 0 Å². The van der Waals surface area contributed by atoms with Gasteiger partial charge in [0.25, 0.3) is 5.91 Å². The zero-order valence-electron chi connectivity index (χ0n) is 21.4. The van der Waals surface area contributed by atoms with Gasteiger partial charge in [-0.2, -0.15) is 0 Å². The van der Waals surface area contributed by atoms with E-state index in [0.29, 0.717) is 17.1 Å². The summed E-state index contributed by atoms with van der Waals surface area (Å²) >= 11 is 5.98. The van der Waals surface area contributed by atoms with Crippen LogP contribution in [0.4, 0.5) is 25.0 Å². The summed E-state index contributed by atoms with van der Waals surface area (Å²) in [6.07, 6.45) is 0. The molecule has 1 atom stereocenters. The van der Waals surface area contributed by atoms with E-state index >= 15 is 4.39 Å². The monoisotopic (exact) mass is 548 g/mol. The second-order valence-corrected chi connectivity index (χ2v) is 9.62. The van der Waals surface area contributed by atoms with Crippen LogP contribution in [0.15, 0.2) is 91.0 Å². The van der Waals surface area contributed by atoms with Crippen LogP contribution in [-0.4, -0.2) is 30.9 Å². The third-order valence-electron chi connectivity index (χ3n) is 6.09. The minimum atomic E-state index is -1.54. The molecule has 0 radical (unpaired) electrons. The summed E-state index contributed by atoms with van der Waals surface area (Å²) in [6, 6.07) is 21.1. The second kappa shape index (κ2) is 12.1. The van der Waals surface area contributed by atoms with Crippen LogP contribution in [-0.2, 0) is 11.3 Å². The molecule has 0 saturated carbocycles. The number of carbonyl (C=O) groups is 2. The lowest BCUT2D eigenvalue weighted by atomic mass is 9.98. The highest BCUT2D eigenvalue weighted by atomic mass is 35.5. The topological polar surface area (TPSA) is 78.7 Å². The fraction of sp³-hybridized carbons (Fsp3) is 0.133. The molecular weight excluding hydrogens is 522 g/mol. The van der Waals surface area contributed by atoms with E-state index in [0.717, 1.165) is 22.1 Å². The number of hydrogen-bond acceptors (Lipinski definition) is 3. The summed E-state index contributed by atoms with van der Waals surface area (Å²) in [5.74, 6) is -2.27. The van der Waals surface area contributed by atoms with Crippen LogP contribution < -0.4 is 16.0 Å². The first-order valence-electron chi connectivity index (χ1n) is 12.1. The lowest BCUT2D eigenvalue weighted by Gasteiger charge is -2.30. The Morgan fingerprint density at radius 2 is 1.56 bits per heavy atom. The number of urea groups is 1. The highest BCUT2D eigenvalue weighted by molar-refractivity contribution is 6.30. The van der Waals surface area contributed by atoms with E-state index in [4.69, 9.17) is 17.3 Å². The van der Waals surface area contributed by atoms with E-state index in [9.17, 15) is 14.0 Å². The van der Waals surface area contributed by atoms with Gasteiger partial charge in [-0.05, 0) is 73.3 Å². The highest BCUT2D eigenvalue weighted by Crippen LogP contribution is 2.32. The van der Waals surface area contributed by atoms with Crippen molar-refractivity contribution in [2.75, 3.05) is 24.3 Å². The first-order chi connectivity index (χ1) is 18.7. The standard InChI is InChI=1S/C30H27ClF2N4O2/c1-36(2)18-20-7-3-4-8-23(20)19-11-16-27(26(33)17-19)35-29(38)28(24-9-5-6-10-25(24)32)37(30(34)39)22-14-12-21(31)13-15-22/h3-17,28H,18H2,1-2H3,(H2,34,39)(H,35,38). The maximum absolute atomic E-state index is 15.3. The van der Waals surface area contributed by atoms with Crippen LogP contribution in [0.1, 0.15) is 17.2 Å². The Bertz CT molecular complexity index is 1490. The summed E-state index contributed by atoms with van der Waals surface area (Å²) < 4.78 is 30.3. The number of primary amides is 1. The van der Waals surface area contributed by atoms with Crippen LogP contribution in [0.25, 0.3) is 11.1 Å². The van der Waals surface area contributed by atoms with Crippen LogP contribution in [0.2, 0.25) is 5.02 Å². The molecule has 6 nitrogen and oxygen atoms in total. The van der Waals surface area contributed by atoms with Crippen molar-refractivity contribution in [2.24, 2.45) is 5.73 Å². The first kappa shape index (κ1) is 27.8. The number of carbonyl (C=O) groups excluding carboxylic acids is 2. The highest BCUT2D eigenvalue weighted by Gasteiger charge is 2.34. The molecule has 0 bridgehead atoms. The number of nitrogens with one attached hydrogen (secondary N) is 1. The molecule has 4 aromatic carbocycles. The van der Waals surface area contributed by atoms with E-state index < -0.39 is 29.6 Å². The van der Waals surface area contributed by atoms with Crippen LogP contribution in [0, 0.1) is 11.6 Å². The summed E-state index contributed by atoms with van der Waals surface area (Å²) in [6.45, 7) is 0.661. The third-order valence-corrected chi connectivity index (χ3v) is 6.34. The Kier molecular flexibility index (Phi) is 8.59. The Labute approximate surface area is 230 Å². The predicted octanol–water partition coefficient (Wildman–Crippen LogP) is 6.61. The Hall–Kier alpha value is -4.27. The number of nitrogens with two attached hydrogens (primary N) is 1. The molecule has 0 saturated heterocycles. The minimum absolute atomic E-state index is 0.113. The van der Waals surface area contributed by atoms with Gasteiger partial charge in [-0.25, -0.2) is 13.6 Å². The van der Waals surface area contributed by atoms with E-state index in [2.05, 4.69) is 5.32 Å². The van der Waals surface area contributed by atoms with Gasteiger partial charge < -0.3 is 16.0 Å². The minimum Gasteiger partial charge on any atom is -0.351 e. The van der Waals surface area contributed by atoms with Gasteiger partial charge in [-0.1, -0.05) is 60.1 Å². The van der Waals surface area contributed by atoms with Gasteiger partial charge in [0.05, 0.1) is 5.69 Å². The second-order valence-electron chi connectivity index (χ2n) is 9.19. The van der Waals surface area contributed by atoms with Crippen molar-refractivity contribution in [1.82, 2.24) is 4.90 Å². The lowest BCUT2D eigenvalue weighted by molar-refractivity contribution is -0.117. The van der Waals surface area contributed by atoms with Crippen LogP contribution >= 0.6 is 11.6 Å². The van der Waals surface area contributed by atoms with Gasteiger partial charge in [0.2, 0.25) is 0 Å². The Morgan fingerprint density at radius 1 is 0.897 bits per heavy atom. The van der Waals surface area contributed by atoms with Crippen molar-refractivity contribution >= 4 is 34.9 Å². The third kappa shape index (κ3) is 6.42. The van der Waals surface area contributed by atoms with Crippen molar-refractivity contribution in [2.45, 2.75) is 12.6 Å². The van der Waals surface area contributed by atoms with E-state index in [1.807, 2.05) is 43.3 Å². The molecule has 4 aromatic rings. The molecule has 3 N–H and O–H groups in total. The number of nitrogens with zero attached hydrogens (tertiary/aromatic N) is 2. The van der Waals surface area contributed by atoms with E-state index in [1.54, 1.807) is 6.07 Å². The van der Waals surface area contributed by atoms with Crippen molar-refractivity contribution in [3.8, 4) is 11.1 Å². The van der Waals surface area contributed by atoms with Gasteiger partial charge >= 0.3 is 6.03 Å². The van der Waals surface area contributed by atoms with Gasteiger partial charge in [-0.3, -0.25) is 9.69 Å². The summed E-state index contributed by atoms with van der Waals surface area (Å²) in [4.78, 5) is 29.1. The number of halogens is 3. The van der Waals surface area contributed by atoms with Crippen molar-refractivity contribution < 1.29 is 18.4 Å². The normalized spacial score (nSPS) is 11.7. The molecule has 39 heavy (non-hydrogen) atoms. The van der Waals surface area contributed by atoms with Crippen molar-refractivity contribution in [3.63, 3.8) is 0 Å². The zero-order chi connectivity index (χ0) is 28.1. The zero-order valence-corrected chi connectivity index (χ0v) is 22.1. The molecule has 0 heterocycles. The predicted molar refractivity (Wildman–Crippen MR) is 151 cm³/mol. The summed E-state index contributed by atoms with van der Waals surface area (Å²) in [5.41, 5.74) is 8.13. The van der Waals surface area contributed by atoms with Crippen molar-refractivity contribution in [1.29, 1.82) is 0 Å². The molecule has 0 spiro atoms. The van der Waals surface area contributed by atoms with Gasteiger partial charge in [-0.15, -0.1) is 0 Å². The number of hydrogen-bond donors (Lipinski definition) is 2. The Morgan fingerprint density at radius 3 is 2.21 bits per heavy atom. The van der Waals surface area contributed by atoms with E-state index in [1.165, 1.54) is 54.6 Å². The molecule has 200 valence electrons. The molecule has 3 amide bonds. The SMILES string of the molecule is CN(C)Cc1ccccc1-c1ccc(NC(=O)C(c2ccccc2F)N(C(N)=O)c2ccc(Cl)cc2)c(F)c1. The molecule has 9 heteroatoms. The van der Waals surface area contributed by atoms with Gasteiger partial charge in [0.1, 0.15) is 17.7 Å². The molecular formula is C30H27ClF2N4O2. The number of rotatable bonds is 8. The molecule has 0 aromatic heterocycles. The summed E-state index contributed by atoms with van der Waals surface area (Å²) in [7, 11) is 3.89. The average Bonchev–Trinajstić information content (AvgIpc) is 2.89. The fourth-order valence-electron chi connectivity index (χ4n) is 4.37. The van der Waals surface area contributed by atoms with E-state index in [-0.39, 0.29) is 16.9 Å². The Balaban J connectivity index is 1.71. The first-order valence-corrected chi connectivity index (χ1v) is 12.5. The van der Waals surface area contributed by atoms with Crippen LogP contribution in [0.5, 0.6) is 0 Å². The maximum atomic E-state index is 15.3. The lowest BCUT2D eigenvalue weighted by Crippen LogP contribution is -2.44. The number of benzene rings is 4. The van der Waals surface area contributed by atoms with Gasteiger partial charge in [0, 0.05) is 22.8 Å². The van der Waals surface area contributed by atoms with Crippen LogP contribution in [0.3, 0.4) is 0 Å². The smallest absolute Gasteiger partial charge is 0.320 e. The molecule has 0 fully saturated rings. The molecule has 4 rings (SSSR count). The molecule has 1 unspecified atom stereocenters. The van der Waals surface area contributed by atoms with Crippen molar-refractivity contribution in [3.05, 3.63) is 119 Å². The molecule has 0 aliphatic carbocycles. The quantitative estimate of drug-likeness (QED) is 0.260. The average molecular weight is 549 g/mol. The summed E-state index contributed by atoms with van der Waals surface area (Å²) in [5, 5.41) is 2.91. The maximum Gasteiger partial charge on any atom is 0.320 e. The molecule has 0 aliphatic heterocycles.